The fourth-order valence-electron chi connectivity index (χ4n) is 2.16. The van der Waals surface area contributed by atoms with Gasteiger partial charge in [0.25, 0.3) is 0 Å². The summed E-state index contributed by atoms with van der Waals surface area (Å²) in [6.07, 6.45) is 0. The fraction of sp³-hybridized carbons (Fsp3) is 0.250. The van der Waals surface area contributed by atoms with Crippen LogP contribution in [-0.4, -0.2) is 14.1 Å². The topological polar surface area (TPSA) is 15.3 Å². The Balaban J connectivity index is 2.42. The van der Waals surface area contributed by atoms with Gasteiger partial charge in [0.15, 0.2) is 0 Å². The normalized spacial score (nSPS) is 10.5. The Kier molecular flexibility index (Phi) is 4.61. The van der Waals surface area contributed by atoms with Gasteiger partial charge < -0.3 is 10.2 Å². The highest BCUT2D eigenvalue weighted by Gasteiger charge is 2.09. The third kappa shape index (κ3) is 3.37. The minimum atomic E-state index is 0.860. The van der Waals surface area contributed by atoms with Crippen LogP contribution in [0.1, 0.15) is 11.1 Å². The first kappa shape index (κ1) is 14.1. The lowest BCUT2D eigenvalue weighted by atomic mass is 10.1. The largest absolute Gasteiger partial charge is 0.344 e. The molecule has 0 atom stereocenters. The summed E-state index contributed by atoms with van der Waals surface area (Å²) in [5.74, 6) is 0. The summed E-state index contributed by atoms with van der Waals surface area (Å²) in [7, 11) is 4.08. The Hall–Kier alpha value is -1.32. The highest BCUT2D eigenvalue weighted by molar-refractivity contribution is 9.10. The van der Waals surface area contributed by atoms with E-state index in [4.69, 9.17) is 0 Å². The monoisotopic (exact) mass is 318 g/mol. The van der Waals surface area contributed by atoms with E-state index < -0.39 is 0 Å². The molecule has 2 aromatic carbocycles. The number of nitrogens with one attached hydrogen (secondary N) is 1. The molecule has 0 bridgehead atoms. The fourth-order valence-corrected chi connectivity index (χ4v) is 2.51. The van der Waals surface area contributed by atoms with Crippen LogP contribution >= 0.6 is 15.9 Å². The summed E-state index contributed by atoms with van der Waals surface area (Å²) in [4.78, 5) is 2.23. The second-order valence-electron chi connectivity index (χ2n) is 4.70. The number of rotatable bonds is 4. The van der Waals surface area contributed by atoms with Crippen molar-refractivity contribution < 1.29 is 0 Å². The predicted octanol–water partition coefficient (Wildman–Crippen LogP) is 4.24. The van der Waals surface area contributed by atoms with Crippen LogP contribution in [-0.2, 0) is 6.54 Å². The van der Waals surface area contributed by atoms with Crippen LogP contribution < -0.4 is 10.2 Å². The molecule has 0 fully saturated rings. The molecule has 0 aliphatic heterocycles. The molecular weight excluding hydrogens is 300 g/mol. The van der Waals surface area contributed by atoms with Crippen molar-refractivity contribution in [3.8, 4) is 0 Å². The van der Waals surface area contributed by atoms with Crippen LogP contribution in [0, 0.1) is 6.92 Å². The first-order valence-corrected chi connectivity index (χ1v) is 7.14. The second-order valence-corrected chi connectivity index (χ2v) is 5.62. The van der Waals surface area contributed by atoms with E-state index in [1.165, 1.54) is 22.5 Å². The highest BCUT2D eigenvalue weighted by Crippen LogP contribution is 2.30. The van der Waals surface area contributed by atoms with Gasteiger partial charge in [0.1, 0.15) is 0 Å². The van der Waals surface area contributed by atoms with Crippen molar-refractivity contribution in [2.45, 2.75) is 13.5 Å². The summed E-state index contributed by atoms with van der Waals surface area (Å²) in [5, 5.41) is 3.22. The number of nitrogens with zero attached hydrogens (tertiary/aromatic N) is 1. The molecule has 2 aromatic rings. The summed E-state index contributed by atoms with van der Waals surface area (Å²) in [5.41, 5.74) is 4.98. The van der Waals surface area contributed by atoms with E-state index in [1.807, 2.05) is 7.05 Å². The van der Waals surface area contributed by atoms with Crippen molar-refractivity contribution in [1.82, 2.24) is 5.32 Å². The Morgan fingerprint density at radius 3 is 2.63 bits per heavy atom. The van der Waals surface area contributed by atoms with Gasteiger partial charge in [-0.25, -0.2) is 0 Å². The molecule has 0 radical (unpaired) electrons. The Morgan fingerprint density at radius 1 is 1.16 bits per heavy atom. The molecule has 2 nitrogen and oxygen atoms in total. The first-order chi connectivity index (χ1) is 9.11. The SMILES string of the molecule is CNCc1ccc(Br)cc1N(C)c1cccc(C)c1. The van der Waals surface area contributed by atoms with Crippen LogP contribution in [0.2, 0.25) is 0 Å². The minimum Gasteiger partial charge on any atom is -0.344 e. The molecule has 0 spiro atoms. The van der Waals surface area contributed by atoms with Gasteiger partial charge in [-0.1, -0.05) is 34.1 Å². The maximum atomic E-state index is 3.56. The van der Waals surface area contributed by atoms with Gasteiger partial charge >= 0.3 is 0 Å². The van der Waals surface area contributed by atoms with Crippen molar-refractivity contribution in [2.24, 2.45) is 0 Å². The molecule has 3 heteroatoms. The molecule has 0 heterocycles. The van der Waals surface area contributed by atoms with Gasteiger partial charge in [-0.05, 0) is 49.4 Å². The number of benzene rings is 2. The summed E-state index contributed by atoms with van der Waals surface area (Å²) >= 11 is 3.56. The third-order valence-electron chi connectivity index (χ3n) is 3.16. The molecule has 0 amide bonds. The van der Waals surface area contributed by atoms with Crippen LogP contribution in [0.5, 0.6) is 0 Å². The first-order valence-electron chi connectivity index (χ1n) is 6.35. The maximum absolute atomic E-state index is 3.56. The maximum Gasteiger partial charge on any atom is 0.0465 e. The van der Waals surface area contributed by atoms with E-state index in [-0.39, 0.29) is 0 Å². The molecule has 0 saturated carbocycles. The van der Waals surface area contributed by atoms with Gasteiger partial charge in [0.2, 0.25) is 0 Å². The van der Waals surface area contributed by atoms with Gasteiger partial charge in [-0.3, -0.25) is 0 Å². The number of aryl methyl sites for hydroxylation is 1. The molecule has 0 unspecified atom stereocenters. The van der Waals surface area contributed by atoms with E-state index in [0.29, 0.717) is 0 Å². The predicted molar refractivity (Wildman–Crippen MR) is 86.1 cm³/mol. The van der Waals surface area contributed by atoms with E-state index in [9.17, 15) is 0 Å². The Morgan fingerprint density at radius 2 is 1.95 bits per heavy atom. The Bertz CT molecular complexity index is 566. The summed E-state index contributed by atoms with van der Waals surface area (Å²) in [6.45, 7) is 2.98. The molecule has 1 N–H and O–H groups in total. The molecule has 0 saturated heterocycles. The molecule has 19 heavy (non-hydrogen) atoms. The van der Waals surface area contributed by atoms with E-state index >= 15 is 0 Å². The van der Waals surface area contributed by atoms with Crippen molar-refractivity contribution >= 4 is 27.3 Å². The van der Waals surface area contributed by atoms with Gasteiger partial charge in [-0.2, -0.15) is 0 Å². The lowest BCUT2D eigenvalue weighted by molar-refractivity contribution is 0.816. The summed E-state index contributed by atoms with van der Waals surface area (Å²) in [6, 6.07) is 14.9. The average Bonchev–Trinajstić information content (AvgIpc) is 2.40. The van der Waals surface area contributed by atoms with E-state index in [0.717, 1.165) is 11.0 Å². The van der Waals surface area contributed by atoms with Gasteiger partial charge in [-0.15, -0.1) is 0 Å². The molecule has 0 aliphatic carbocycles. The molecule has 0 aromatic heterocycles. The van der Waals surface area contributed by atoms with Gasteiger partial charge in [0.05, 0.1) is 0 Å². The quantitative estimate of drug-likeness (QED) is 0.906. The van der Waals surface area contributed by atoms with Crippen molar-refractivity contribution in [2.75, 3.05) is 19.0 Å². The zero-order valence-electron chi connectivity index (χ0n) is 11.6. The number of hydrogen-bond donors (Lipinski definition) is 1. The Labute approximate surface area is 123 Å². The molecule has 100 valence electrons. The van der Waals surface area contributed by atoms with Crippen LogP contribution in [0.15, 0.2) is 46.9 Å². The standard InChI is InChI=1S/C16H19BrN2/c1-12-5-4-6-15(9-12)19(3)16-10-14(17)8-7-13(16)11-18-2/h4-10,18H,11H2,1-3H3. The zero-order valence-corrected chi connectivity index (χ0v) is 13.2. The van der Waals surface area contributed by atoms with E-state index in [2.05, 4.69) is 82.6 Å². The van der Waals surface area contributed by atoms with Gasteiger partial charge in [0, 0.05) is 29.4 Å². The summed E-state index contributed by atoms with van der Waals surface area (Å²) < 4.78 is 1.10. The van der Waals surface area contributed by atoms with Crippen LogP contribution in [0.4, 0.5) is 11.4 Å². The molecule has 2 rings (SSSR count). The zero-order chi connectivity index (χ0) is 13.8. The van der Waals surface area contributed by atoms with Crippen LogP contribution in [0.3, 0.4) is 0 Å². The second kappa shape index (κ2) is 6.22. The lowest BCUT2D eigenvalue weighted by Crippen LogP contribution is -2.15. The number of hydrogen-bond acceptors (Lipinski definition) is 2. The van der Waals surface area contributed by atoms with Crippen LogP contribution in [0.25, 0.3) is 0 Å². The van der Waals surface area contributed by atoms with E-state index in [1.54, 1.807) is 0 Å². The lowest BCUT2D eigenvalue weighted by Gasteiger charge is -2.23. The molecule has 0 aliphatic rings. The van der Waals surface area contributed by atoms with Crippen molar-refractivity contribution in [3.05, 3.63) is 58.1 Å². The highest BCUT2D eigenvalue weighted by atomic mass is 79.9. The van der Waals surface area contributed by atoms with Crippen molar-refractivity contribution in [3.63, 3.8) is 0 Å². The number of halogens is 1. The number of anilines is 2. The smallest absolute Gasteiger partial charge is 0.0465 e. The van der Waals surface area contributed by atoms with Crippen molar-refractivity contribution in [1.29, 1.82) is 0 Å². The minimum absolute atomic E-state index is 0.860. The average molecular weight is 319 g/mol. The molecular formula is C16H19BrN2. The third-order valence-corrected chi connectivity index (χ3v) is 3.66.